The molecule has 0 aromatic carbocycles. The van der Waals surface area contributed by atoms with E-state index in [4.69, 9.17) is 10.6 Å². The number of ether oxygens (including phenoxy) is 1. The molecule has 1 saturated carbocycles. The highest BCUT2D eigenvalue weighted by Crippen LogP contribution is 2.28. The van der Waals surface area contributed by atoms with Crippen LogP contribution in [0.5, 0.6) is 0 Å². The molecule has 3 N–H and O–H groups in total. The van der Waals surface area contributed by atoms with Gasteiger partial charge in [-0.2, -0.15) is 0 Å². The maximum absolute atomic E-state index is 10.6. The van der Waals surface area contributed by atoms with Crippen LogP contribution in [0, 0.1) is 5.92 Å². The van der Waals surface area contributed by atoms with Gasteiger partial charge in [-0.05, 0) is 25.2 Å². The zero-order valence-corrected chi connectivity index (χ0v) is 7.21. The fourth-order valence-electron chi connectivity index (χ4n) is 0.941. The third-order valence-corrected chi connectivity index (χ3v) is 1.90. The number of rotatable bonds is 6. The second-order valence-electron chi connectivity index (χ2n) is 3.19. The van der Waals surface area contributed by atoms with E-state index in [0.717, 1.165) is 18.9 Å². The normalized spacial score (nSPS) is 16.1. The van der Waals surface area contributed by atoms with Crippen molar-refractivity contribution in [3.8, 4) is 0 Å². The van der Waals surface area contributed by atoms with Crippen LogP contribution in [0.3, 0.4) is 0 Å². The van der Waals surface area contributed by atoms with E-state index >= 15 is 0 Å². The molecule has 0 heterocycles. The van der Waals surface area contributed by atoms with Crippen LogP contribution in [0.1, 0.15) is 25.7 Å². The van der Waals surface area contributed by atoms with Crippen LogP contribution in [-0.4, -0.2) is 19.1 Å². The summed E-state index contributed by atoms with van der Waals surface area (Å²) in [4.78, 5) is 10.6. The summed E-state index contributed by atoms with van der Waals surface area (Å²) in [5, 5.41) is 0. The molecule has 0 aromatic rings. The first kappa shape index (κ1) is 9.48. The number of hydrogen-bond donors (Lipinski definition) is 2. The Morgan fingerprint density at radius 3 is 2.92 bits per heavy atom. The molecule has 1 fully saturated rings. The first-order valence-electron chi connectivity index (χ1n) is 4.40. The van der Waals surface area contributed by atoms with Crippen molar-refractivity contribution >= 4 is 5.91 Å². The molecule has 0 saturated heterocycles. The molecule has 12 heavy (non-hydrogen) atoms. The predicted octanol–water partition coefficient (Wildman–Crippen LogP) is 0.183. The molecule has 0 spiro atoms. The molecule has 4 heteroatoms. The first-order valence-corrected chi connectivity index (χ1v) is 4.40. The predicted molar refractivity (Wildman–Crippen MR) is 45.1 cm³/mol. The Labute approximate surface area is 72.4 Å². The van der Waals surface area contributed by atoms with Crippen LogP contribution in [0.4, 0.5) is 0 Å². The summed E-state index contributed by atoms with van der Waals surface area (Å²) in [6.45, 7) is 1.54. The van der Waals surface area contributed by atoms with Gasteiger partial charge in [0.25, 0.3) is 0 Å². The molecule has 1 rings (SSSR count). The van der Waals surface area contributed by atoms with Gasteiger partial charge in [0.05, 0.1) is 0 Å². The summed E-state index contributed by atoms with van der Waals surface area (Å²) in [5.74, 6) is 5.58. The number of nitrogens with two attached hydrogens (primary N) is 1. The highest BCUT2D eigenvalue weighted by atomic mass is 16.5. The Morgan fingerprint density at radius 2 is 2.33 bits per heavy atom. The zero-order valence-electron chi connectivity index (χ0n) is 7.21. The average molecular weight is 172 g/mol. The summed E-state index contributed by atoms with van der Waals surface area (Å²) in [7, 11) is 0. The van der Waals surface area contributed by atoms with E-state index in [-0.39, 0.29) is 5.91 Å². The van der Waals surface area contributed by atoms with Gasteiger partial charge < -0.3 is 4.74 Å². The summed E-state index contributed by atoms with van der Waals surface area (Å²) in [5.41, 5.74) is 2.08. The van der Waals surface area contributed by atoms with Crippen molar-refractivity contribution in [3.63, 3.8) is 0 Å². The van der Waals surface area contributed by atoms with Gasteiger partial charge in [0.15, 0.2) is 0 Å². The third kappa shape index (κ3) is 4.31. The molecule has 0 atom stereocenters. The molecule has 4 nitrogen and oxygen atoms in total. The second-order valence-corrected chi connectivity index (χ2v) is 3.19. The van der Waals surface area contributed by atoms with Gasteiger partial charge in [0.2, 0.25) is 5.91 Å². The Balaban J connectivity index is 1.78. The van der Waals surface area contributed by atoms with E-state index < -0.39 is 0 Å². The molecule has 0 unspecified atom stereocenters. The van der Waals surface area contributed by atoms with Crippen LogP contribution >= 0.6 is 0 Å². The summed E-state index contributed by atoms with van der Waals surface area (Å²) in [6, 6.07) is 0. The molecule has 1 aliphatic rings. The van der Waals surface area contributed by atoms with Gasteiger partial charge in [0, 0.05) is 19.6 Å². The minimum absolute atomic E-state index is 0.120. The SMILES string of the molecule is NNC(=O)CCCOCC1CC1. The minimum atomic E-state index is -0.120. The van der Waals surface area contributed by atoms with Crippen molar-refractivity contribution in [2.75, 3.05) is 13.2 Å². The van der Waals surface area contributed by atoms with Crippen molar-refractivity contribution in [1.29, 1.82) is 0 Å². The Bertz CT molecular complexity index is 146. The number of amides is 1. The van der Waals surface area contributed by atoms with E-state index in [1.165, 1.54) is 12.8 Å². The third-order valence-electron chi connectivity index (χ3n) is 1.90. The van der Waals surface area contributed by atoms with Gasteiger partial charge >= 0.3 is 0 Å². The highest BCUT2D eigenvalue weighted by Gasteiger charge is 2.20. The molecular weight excluding hydrogens is 156 g/mol. The number of hydrogen-bond acceptors (Lipinski definition) is 3. The van der Waals surface area contributed by atoms with Crippen molar-refractivity contribution in [3.05, 3.63) is 0 Å². The quantitative estimate of drug-likeness (QED) is 0.260. The largest absolute Gasteiger partial charge is 0.381 e. The van der Waals surface area contributed by atoms with E-state index in [9.17, 15) is 4.79 Å². The number of nitrogens with one attached hydrogen (secondary N) is 1. The number of hydrazine groups is 1. The maximum Gasteiger partial charge on any atom is 0.233 e. The fourth-order valence-corrected chi connectivity index (χ4v) is 0.941. The van der Waals surface area contributed by atoms with Crippen LogP contribution in [0.15, 0.2) is 0 Å². The lowest BCUT2D eigenvalue weighted by molar-refractivity contribution is -0.121. The summed E-state index contributed by atoms with van der Waals surface area (Å²) in [6.07, 6.45) is 3.84. The average Bonchev–Trinajstić information content (AvgIpc) is 2.87. The Morgan fingerprint density at radius 1 is 1.58 bits per heavy atom. The Kier molecular flexibility index (Phi) is 4.04. The van der Waals surface area contributed by atoms with Crippen LogP contribution < -0.4 is 11.3 Å². The molecule has 0 aromatic heterocycles. The molecule has 0 radical (unpaired) electrons. The number of carbonyl (C=O) groups is 1. The molecule has 0 aliphatic heterocycles. The monoisotopic (exact) mass is 172 g/mol. The summed E-state index contributed by atoms with van der Waals surface area (Å²) < 4.78 is 5.33. The molecule has 70 valence electrons. The van der Waals surface area contributed by atoms with Gasteiger partial charge in [0.1, 0.15) is 0 Å². The van der Waals surface area contributed by atoms with Gasteiger partial charge in [-0.25, -0.2) is 5.84 Å². The highest BCUT2D eigenvalue weighted by molar-refractivity contribution is 5.75. The standard InChI is InChI=1S/C8H16N2O2/c9-10-8(11)2-1-5-12-6-7-3-4-7/h7H,1-6,9H2,(H,10,11). The smallest absolute Gasteiger partial charge is 0.233 e. The van der Waals surface area contributed by atoms with E-state index in [1.54, 1.807) is 0 Å². The van der Waals surface area contributed by atoms with Crippen molar-refractivity contribution in [2.45, 2.75) is 25.7 Å². The van der Waals surface area contributed by atoms with Gasteiger partial charge in [-0.15, -0.1) is 0 Å². The Hall–Kier alpha value is -0.610. The minimum Gasteiger partial charge on any atom is -0.381 e. The van der Waals surface area contributed by atoms with Crippen molar-refractivity contribution < 1.29 is 9.53 Å². The van der Waals surface area contributed by atoms with E-state index in [1.807, 2.05) is 0 Å². The van der Waals surface area contributed by atoms with Crippen molar-refractivity contribution in [2.24, 2.45) is 11.8 Å². The van der Waals surface area contributed by atoms with E-state index in [2.05, 4.69) is 5.43 Å². The zero-order chi connectivity index (χ0) is 8.81. The lowest BCUT2D eigenvalue weighted by Crippen LogP contribution is -2.29. The topological polar surface area (TPSA) is 64.3 Å². The maximum atomic E-state index is 10.6. The lowest BCUT2D eigenvalue weighted by Gasteiger charge is -2.01. The van der Waals surface area contributed by atoms with E-state index in [0.29, 0.717) is 13.0 Å². The first-order chi connectivity index (χ1) is 5.83. The van der Waals surface area contributed by atoms with Gasteiger partial charge in [-0.1, -0.05) is 0 Å². The molecule has 1 amide bonds. The van der Waals surface area contributed by atoms with Crippen molar-refractivity contribution in [1.82, 2.24) is 5.43 Å². The summed E-state index contributed by atoms with van der Waals surface area (Å²) >= 11 is 0. The van der Waals surface area contributed by atoms with Crippen LogP contribution in [0.2, 0.25) is 0 Å². The van der Waals surface area contributed by atoms with Crippen LogP contribution in [-0.2, 0) is 9.53 Å². The molecular formula is C8H16N2O2. The van der Waals surface area contributed by atoms with Crippen LogP contribution in [0.25, 0.3) is 0 Å². The lowest BCUT2D eigenvalue weighted by atomic mass is 10.3. The second kappa shape index (κ2) is 5.11. The molecule has 1 aliphatic carbocycles. The molecule has 0 bridgehead atoms. The fraction of sp³-hybridized carbons (Fsp3) is 0.875. The van der Waals surface area contributed by atoms with Gasteiger partial charge in [-0.3, -0.25) is 10.2 Å². The number of carbonyl (C=O) groups excluding carboxylic acids is 1.